The molecule has 0 aromatic heterocycles. The van der Waals surface area contributed by atoms with E-state index in [0.717, 1.165) is 5.56 Å². The van der Waals surface area contributed by atoms with E-state index in [1.807, 2.05) is 30.3 Å². The maximum Gasteiger partial charge on any atom is 0.264 e. The molecule has 3 aromatic rings. The molecule has 0 radical (unpaired) electrons. The number of nitrogens with zero attached hydrogens (tertiary/aromatic N) is 1. The van der Waals surface area contributed by atoms with E-state index in [1.165, 1.54) is 46.8 Å². The summed E-state index contributed by atoms with van der Waals surface area (Å²) in [7, 11) is -3.87. The topological polar surface area (TPSA) is 63.4 Å². The lowest BCUT2D eigenvalue weighted by Gasteiger charge is -2.25. The molecule has 0 saturated heterocycles. The third-order valence-electron chi connectivity index (χ3n) is 3.73. The zero-order valence-electron chi connectivity index (χ0n) is 13.3. The van der Waals surface area contributed by atoms with Gasteiger partial charge in [0, 0.05) is 5.69 Å². The van der Waals surface area contributed by atoms with Gasteiger partial charge in [0.1, 0.15) is 5.82 Å². The van der Waals surface area contributed by atoms with Crippen molar-refractivity contribution in [1.29, 1.82) is 0 Å². The molecule has 0 bridgehead atoms. The molecule has 3 aromatic carbocycles. The van der Waals surface area contributed by atoms with Crippen LogP contribution in [0, 0.1) is 5.82 Å². The van der Waals surface area contributed by atoms with E-state index in [2.05, 4.69) is 0 Å². The normalized spacial score (nSPS) is 11.2. The van der Waals surface area contributed by atoms with Crippen molar-refractivity contribution >= 4 is 21.4 Å². The number of halogens is 1. The van der Waals surface area contributed by atoms with Crippen molar-refractivity contribution in [3.8, 4) is 0 Å². The highest BCUT2D eigenvalue weighted by Gasteiger charge is 2.25. The van der Waals surface area contributed by atoms with Crippen molar-refractivity contribution in [3.63, 3.8) is 0 Å². The minimum absolute atomic E-state index is 0.0942. The Bertz CT molecular complexity index is 958. The molecule has 2 N–H and O–H groups in total. The lowest BCUT2D eigenvalue weighted by Crippen LogP contribution is -2.30. The number of hydrogen-bond donors (Lipinski definition) is 1. The summed E-state index contributed by atoms with van der Waals surface area (Å²) in [6, 6.07) is 20.6. The predicted molar refractivity (Wildman–Crippen MR) is 97.1 cm³/mol. The number of rotatable bonds is 5. The maximum absolute atomic E-state index is 13.7. The monoisotopic (exact) mass is 356 g/mol. The Hall–Kier alpha value is -2.86. The van der Waals surface area contributed by atoms with Crippen LogP contribution in [0.25, 0.3) is 0 Å². The standard InChI is InChI=1S/C19H17FN2O2S/c20-16-7-4-8-18(13-16)22(14-15-5-2-1-3-6-15)25(23,24)19-11-9-17(21)10-12-19/h1-13H,14,21H2. The van der Waals surface area contributed by atoms with Crippen molar-refractivity contribution in [2.75, 3.05) is 10.0 Å². The molecule has 0 atom stereocenters. The van der Waals surface area contributed by atoms with Crippen LogP contribution in [-0.2, 0) is 16.6 Å². The average Bonchev–Trinajstić information content (AvgIpc) is 2.61. The number of anilines is 2. The molecule has 3 rings (SSSR count). The number of sulfonamides is 1. The Labute approximate surface area is 146 Å². The van der Waals surface area contributed by atoms with Crippen LogP contribution in [0.15, 0.2) is 83.8 Å². The number of hydrogen-bond acceptors (Lipinski definition) is 3. The van der Waals surface area contributed by atoms with E-state index in [1.54, 1.807) is 6.07 Å². The van der Waals surface area contributed by atoms with E-state index < -0.39 is 15.8 Å². The van der Waals surface area contributed by atoms with Crippen LogP contribution in [-0.4, -0.2) is 8.42 Å². The van der Waals surface area contributed by atoms with Gasteiger partial charge in [0.25, 0.3) is 10.0 Å². The van der Waals surface area contributed by atoms with Crippen molar-refractivity contribution < 1.29 is 12.8 Å². The van der Waals surface area contributed by atoms with Crippen molar-refractivity contribution in [3.05, 3.63) is 90.2 Å². The van der Waals surface area contributed by atoms with Crippen molar-refractivity contribution in [2.24, 2.45) is 0 Å². The molecular formula is C19H17FN2O2S. The molecule has 0 unspecified atom stereocenters. The molecule has 0 saturated carbocycles. The molecule has 0 amide bonds. The van der Waals surface area contributed by atoms with E-state index >= 15 is 0 Å². The lowest BCUT2D eigenvalue weighted by molar-refractivity contribution is 0.590. The lowest BCUT2D eigenvalue weighted by atomic mass is 10.2. The van der Waals surface area contributed by atoms with Crippen LogP contribution >= 0.6 is 0 Å². The fraction of sp³-hybridized carbons (Fsp3) is 0.0526. The first kappa shape index (κ1) is 17.0. The smallest absolute Gasteiger partial charge is 0.264 e. The quantitative estimate of drug-likeness (QED) is 0.707. The molecule has 0 aliphatic heterocycles. The van der Waals surface area contributed by atoms with E-state index in [9.17, 15) is 12.8 Å². The maximum atomic E-state index is 13.7. The van der Waals surface area contributed by atoms with Gasteiger partial charge < -0.3 is 5.73 Å². The summed E-state index contributed by atoms with van der Waals surface area (Å²) in [5, 5.41) is 0. The third-order valence-corrected chi connectivity index (χ3v) is 5.52. The summed E-state index contributed by atoms with van der Waals surface area (Å²) in [4.78, 5) is 0.0990. The van der Waals surface area contributed by atoms with Gasteiger partial charge in [-0.1, -0.05) is 36.4 Å². The third kappa shape index (κ3) is 3.80. The zero-order chi connectivity index (χ0) is 17.9. The highest BCUT2D eigenvalue weighted by Crippen LogP contribution is 2.27. The first-order valence-electron chi connectivity index (χ1n) is 7.64. The second-order valence-electron chi connectivity index (χ2n) is 5.55. The highest BCUT2D eigenvalue weighted by atomic mass is 32.2. The minimum atomic E-state index is -3.87. The van der Waals surface area contributed by atoms with E-state index in [-0.39, 0.29) is 17.1 Å². The van der Waals surface area contributed by atoms with Crippen molar-refractivity contribution in [2.45, 2.75) is 11.4 Å². The van der Waals surface area contributed by atoms with Gasteiger partial charge in [-0.3, -0.25) is 4.31 Å². The van der Waals surface area contributed by atoms with Gasteiger partial charge >= 0.3 is 0 Å². The molecule has 25 heavy (non-hydrogen) atoms. The summed E-state index contributed by atoms with van der Waals surface area (Å²) < 4.78 is 41.1. The highest BCUT2D eigenvalue weighted by molar-refractivity contribution is 7.92. The number of nitrogen functional groups attached to an aromatic ring is 1. The Morgan fingerprint density at radius 2 is 1.56 bits per heavy atom. The van der Waals surface area contributed by atoms with Crippen LogP contribution in [0.3, 0.4) is 0 Å². The Balaban J connectivity index is 2.08. The zero-order valence-corrected chi connectivity index (χ0v) is 14.2. The summed E-state index contributed by atoms with van der Waals surface area (Å²) in [6.45, 7) is 0.0942. The van der Waals surface area contributed by atoms with Crippen LogP contribution in [0.1, 0.15) is 5.56 Å². The van der Waals surface area contributed by atoms with Crippen LogP contribution in [0.4, 0.5) is 15.8 Å². The summed E-state index contributed by atoms with van der Waals surface area (Å²) in [6.07, 6.45) is 0. The fourth-order valence-corrected chi connectivity index (χ4v) is 3.91. The van der Waals surface area contributed by atoms with Gasteiger partial charge in [0.2, 0.25) is 0 Å². The fourth-order valence-electron chi connectivity index (χ4n) is 2.46. The first-order chi connectivity index (χ1) is 12.0. The van der Waals surface area contributed by atoms with Crippen LogP contribution in [0.5, 0.6) is 0 Å². The Kier molecular flexibility index (Phi) is 4.72. The first-order valence-corrected chi connectivity index (χ1v) is 9.08. The van der Waals surface area contributed by atoms with Gasteiger partial charge in [-0.15, -0.1) is 0 Å². The molecule has 6 heteroatoms. The van der Waals surface area contributed by atoms with Gasteiger partial charge in [-0.05, 0) is 48.0 Å². The number of benzene rings is 3. The van der Waals surface area contributed by atoms with Crippen LogP contribution < -0.4 is 10.0 Å². The second-order valence-corrected chi connectivity index (χ2v) is 7.41. The molecule has 0 spiro atoms. The SMILES string of the molecule is Nc1ccc(S(=O)(=O)N(Cc2ccccc2)c2cccc(F)c2)cc1. The predicted octanol–water partition coefficient (Wildman–Crippen LogP) is 3.80. The van der Waals surface area contributed by atoms with Gasteiger partial charge in [-0.2, -0.15) is 0 Å². The van der Waals surface area contributed by atoms with Gasteiger partial charge in [0.15, 0.2) is 0 Å². The summed E-state index contributed by atoms with van der Waals surface area (Å²) in [5.74, 6) is -0.497. The molecule has 0 aliphatic rings. The minimum Gasteiger partial charge on any atom is -0.399 e. The average molecular weight is 356 g/mol. The number of nitrogens with two attached hydrogens (primary N) is 1. The summed E-state index contributed by atoms with van der Waals surface area (Å²) in [5.41, 5.74) is 7.18. The molecular weight excluding hydrogens is 339 g/mol. The molecule has 0 fully saturated rings. The van der Waals surface area contributed by atoms with Gasteiger partial charge in [0.05, 0.1) is 17.1 Å². The summed E-state index contributed by atoms with van der Waals surface area (Å²) >= 11 is 0. The van der Waals surface area contributed by atoms with E-state index in [0.29, 0.717) is 5.69 Å². The molecule has 4 nitrogen and oxygen atoms in total. The largest absolute Gasteiger partial charge is 0.399 e. The molecule has 0 aliphatic carbocycles. The second kappa shape index (κ2) is 6.94. The molecule has 0 heterocycles. The Morgan fingerprint density at radius 3 is 2.20 bits per heavy atom. The van der Waals surface area contributed by atoms with Crippen LogP contribution in [0.2, 0.25) is 0 Å². The van der Waals surface area contributed by atoms with Gasteiger partial charge in [-0.25, -0.2) is 12.8 Å². The molecule has 128 valence electrons. The Morgan fingerprint density at radius 1 is 0.880 bits per heavy atom. The van der Waals surface area contributed by atoms with Crippen molar-refractivity contribution in [1.82, 2.24) is 0 Å². The van der Waals surface area contributed by atoms with E-state index in [4.69, 9.17) is 5.73 Å².